The van der Waals surface area contributed by atoms with Gasteiger partial charge in [-0.1, -0.05) is 23.2 Å². The van der Waals surface area contributed by atoms with Crippen LogP contribution in [0.2, 0.25) is 10.0 Å². The molecule has 0 N–H and O–H groups in total. The van der Waals surface area contributed by atoms with Gasteiger partial charge in [-0.25, -0.2) is 0 Å². The average Bonchev–Trinajstić information content (AvgIpc) is 3.54. The molecule has 0 saturated heterocycles. The molecular formula is C21H21Cl2N3O. The zero-order chi connectivity index (χ0) is 18.6. The van der Waals surface area contributed by atoms with Gasteiger partial charge in [-0.15, -0.1) is 10.2 Å². The van der Waals surface area contributed by atoms with Crippen molar-refractivity contribution in [2.75, 3.05) is 6.61 Å². The maximum absolute atomic E-state index is 6.24. The van der Waals surface area contributed by atoms with Crippen LogP contribution in [0.5, 0.6) is 5.75 Å². The normalized spacial score (nSPS) is 18.0. The smallest absolute Gasteiger partial charge is 0.167 e. The first-order valence-corrected chi connectivity index (χ1v) is 10.2. The molecule has 0 atom stereocenters. The van der Waals surface area contributed by atoms with Crippen molar-refractivity contribution in [1.82, 2.24) is 14.6 Å². The minimum atomic E-state index is 0.0118. The number of pyridine rings is 1. The quantitative estimate of drug-likeness (QED) is 0.554. The lowest BCUT2D eigenvalue weighted by atomic mass is 9.97. The summed E-state index contributed by atoms with van der Waals surface area (Å²) in [6.45, 7) is 2.67. The van der Waals surface area contributed by atoms with Gasteiger partial charge in [-0.3, -0.25) is 4.40 Å². The Bertz CT molecular complexity index is 1000. The summed E-state index contributed by atoms with van der Waals surface area (Å²) in [7, 11) is 0. The molecule has 0 spiro atoms. The van der Waals surface area contributed by atoms with E-state index in [-0.39, 0.29) is 5.41 Å². The Hall–Kier alpha value is -1.78. The van der Waals surface area contributed by atoms with Crippen LogP contribution in [-0.2, 0) is 11.8 Å². The molecular weight excluding hydrogens is 381 g/mol. The van der Waals surface area contributed by atoms with E-state index in [9.17, 15) is 0 Å². The van der Waals surface area contributed by atoms with Crippen LogP contribution in [0.4, 0.5) is 0 Å². The van der Waals surface area contributed by atoms with Gasteiger partial charge < -0.3 is 4.74 Å². The molecule has 27 heavy (non-hydrogen) atoms. The van der Waals surface area contributed by atoms with Crippen molar-refractivity contribution in [3.8, 4) is 5.75 Å². The number of nitrogens with zero attached hydrogens (tertiary/aromatic N) is 3. The van der Waals surface area contributed by atoms with Crippen LogP contribution >= 0.6 is 23.2 Å². The number of hydrogen-bond acceptors (Lipinski definition) is 3. The van der Waals surface area contributed by atoms with E-state index in [4.69, 9.17) is 27.9 Å². The zero-order valence-electron chi connectivity index (χ0n) is 15.2. The molecule has 0 amide bonds. The van der Waals surface area contributed by atoms with Crippen molar-refractivity contribution >= 4 is 28.8 Å². The highest BCUT2D eigenvalue weighted by molar-refractivity contribution is 6.34. The van der Waals surface area contributed by atoms with Crippen LogP contribution in [0, 0.1) is 12.8 Å². The molecule has 0 unspecified atom stereocenters. The summed E-state index contributed by atoms with van der Waals surface area (Å²) in [5, 5.41) is 10.1. The number of rotatable bonds is 6. The molecule has 3 aromatic rings. The molecule has 2 saturated carbocycles. The van der Waals surface area contributed by atoms with Gasteiger partial charge in [-0.05, 0) is 68.4 Å². The van der Waals surface area contributed by atoms with Gasteiger partial charge in [0, 0.05) is 33.6 Å². The first-order valence-electron chi connectivity index (χ1n) is 9.47. The van der Waals surface area contributed by atoms with Gasteiger partial charge in [0.2, 0.25) is 0 Å². The lowest BCUT2D eigenvalue weighted by Gasteiger charge is -2.18. The Labute approximate surface area is 168 Å². The number of aryl methyl sites for hydroxylation is 1. The Morgan fingerprint density at radius 1 is 1.15 bits per heavy atom. The summed E-state index contributed by atoms with van der Waals surface area (Å²) in [5.41, 5.74) is 3.09. The largest absolute Gasteiger partial charge is 0.492 e. The van der Waals surface area contributed by atoms with Gasteiger partial charge >= 0.3 is 0 Å². The van der Waals surface area contributed by atoms with Crippen molar-refractivity contribution in [2.24, 2.45) is 5.92 Å². The fourth-order valence-corrected chi connectivity index (χ4v) is 4.26. The van der Waals surface area contributed by atoms with E-state index in [0.29, 0.717) is 16.7 Å². The Balaban J connectivity index is 1.37. The van der Waals surface area contributed by atoms with Crippen LogP contribution in [-0.4, -0.2) is 21.2 Å². The Kier molecular flexibility index (Phi) is 4.10. The van der Waals surface area contributed by atoms with Gasteiger partial charge in [-0.2, -0.15) is 0 Å². The maximum atomic E-state index is 6.24. The molecule has 2 aliphatic carbocycles. The third kappa shape index (κ3) is 3.30. The van der Waals surface area contributed by atoms with Crippen molar-refractivity contribution in [3.05, 3.63) is 57.5 Å². The van der Waals surface area contributed by atoms with Crippen molar-refractivity contribution < 1.29 is 4.74 Å². The van der Waals surface area contributed by atoms with E-state index >= 15 is 0 Å². The van der Waals surface area contributed by atoms with Crippen molar-refractivity contribution in [1.29, 1.82) is 0 Å². The summed E-state index contributed by atoms with van der Waals surface area (Å²) < 4.78 is 8.34. The van der Waals surface area contributed by atoms with E-state index in [1.54, 1.807) is 6.07 Å². The topological polar surface area (TPSA) is 39.4 Å². The molecule has 0 aliphatic heterocycles. The highest BCUT2D eigenvalue weighted by atomic mass is 35.5. The summed E-state index contributed by atoms with van der Waals surface area (Å²) in [6.07, 6.45) is 7.84. The lowest BCUT2D eigenvalue weighted by molar-refractivity contribution is 0.276. The standard InChI is InChI=1S/C21H21Cl2N3O/c1-13-18(4-7-26-19(8-14-2-3-14)24-25-20(13)26)27-12-21(5-6-21)15-9-16(22)11-17(23)10-15/h4,7,9-11,14H,2-3,5-6,8,12H2,1H3. The van der Waals surface area contributed by atoms with E-state index in [2.05, 4.69) is 21.5 Å². The van der Waals surface area contributed by atoms with Crippen molar-refractivity contribution in [2.45, 2.75) is 44.4 Å². The fourth-order valence-electron chi connectivity index (χ4n) is 3.73. The molecule has 2 aromatic heterocycles. The molecule has 0 radical (unpaired) electrons. The number of fused-ring (bicyclic) bond motifs is 1. The number of halogens is 2. The zero-order valence-corrected chi connectivity index (χ0v) is 16.7. The predicted octanol–water partition coefficient (Wildman–Crippen LogP) is 5.41. The fraction of sp³-hybridized carbons (Fsp3) is 0.429. The third-order valence-corrected chi connectivity index (χ3v) is 6.28. The van der Waals surface area contributed by atoms with Crippen LogP contribution < -0.4 is 4.74 Å². The Morgan fingerprint density at radius 3 is 2.56 bits per heavy atom. The molecule has 0 bridgehead atoms. The number of aromatic nitrogens is 3. The first kappa shape index (κ1) is 17.3. The second-order valence-corrected chi connectivity index (χ2v) is 8.86. The molecule has 4 nitrogen and oxygen atoms in total. The van der Waals surface area contributed by atoms with E-state index in [1.165, 1.54) is 12.8 Å². The monoisotopic (exact) mass is 401 g/mol. The molecule has 2 heterocycles. The minimum Gasteiger partial charge on any atom is -0.492 e. The molecule has 1 aromatic carbocycles. The van der Waals surface area contributed by atoms with Gasteiger partial charge in [0.15, 0.2) is 5.65 Å². The SMILES string of the molecule is Cc1c(OCC2(c3cc(Cl)cc(Cl)c3)CC2)ccn2c(CC3CC3)nnc12. The van der Waals surface area contributed by atoms with E-state index in [0.717, 1.165) is 53.5 Å². The maximum Gasteiger partial charge on any atom is 0.167 e. The average molecular weight is 402 g/mol. The second-order valence-electron chi connectivity index (χ2n) is 7.99. The minimum absolute atomic E-state index is 0.0118. The predicted molar refractivity (Wildman–Crippen MR) is 107 cm³/mol. The highest BCUT2D eigenvalue weighted by Crippen LogP contribution is 2.49. The van der Waals surface area contributed by atoms with Crippen LogP contribution in [0.3, 0.4) is 0 Å². The van der Waals surface area contributed by atoms with Crippen LogP contribution in [0.1, 0.15) is 42.6 Å². The van der Waals surface area contributed by atoms with E-state index in [1.807, 2.05) is 24.4 Å². The lowest BCUT2D eigenvalue weighted by Crippen LogP contribution is -2.18. The van der Waals surface area contributed by atoms with E-state index < -0.39 is 0 Å². The third-order valence-electron chi connectivity index (χ3n) is 5.85. The first-order chi connectivity index (χ1) is 13.0. The number of ether oxygens (including phenoxy) is 1. The number of benzene rings is 1. The van der Waals surface area contributed by atoms with Gasteiger partial charge in [0.25, 0.3) is 0 Å². The van der Waals surface area contributed by atoms with Gasteiger partial charge in [0.1, 0.15) is 11.6 Å². The molecule has 140 valence electrons. The molecule has 6 heteroatoms. The van der Waals surface area contributed by atoms with Crippen LogP contribution in [0.15, 0.2) is 30.5 Å². The van der Waals surface area contributed by atoms with Crippen molar-refractivity contribution in [3.63, 3.8) is 0 Å². The number of hydrogen-bond donors (Lipinski definition) is 0. The van der Waals surface area contributed by atoms with Gasteiger partial charge in [0.05, 0.1) is 6.61 Å². The van der Waals surface area contributed by atoms with Crippen LogP contribution in [0.25, 0.3) is 5.65 Å². The summed E-state index contributed by atoms with van der Waals surface area (Å²) in [6, 6.07) is 7.81. The Morgan fingerprint density at radius 2 is 1.89 bits per heavy atom. The molecule has 2 fully saturated rings. The highest BCUT2D eigenvalue weighted by Gasteiger charge is 2.45. The summed E-state index contributed by atoms with van der Waals surface area (Å²) in [4.78, 5) is 0. The molecule has 5 rings (SSSR count). The summed E-state index contributed by atoms with van der Waals surface area (Å²) in [5.74, 6) is 2.70. The molecule has 2 aliphatic rings. The second kappa shape index (κ2) is 6.39. The summed E-state index contributed by atoms with van der Waals surface area (Å²) >= 11 is 12.4.